The lowest BCUT2D eigenvalue weighted by atomic mass is 9.83. The van der Waals surface area contributed by atoms with Crippen molar-refractivity contribution in [2.24, 2.45) is 5.92 Å². The predicted molar refractivity (Wildman–Crippen MR) is 138 cm³/mol. The molecule has 180 valence electrons. The van der Waals surface area contributed by atoms with E-state index in [0.29, 0.717) is 28.5 Å². The average molecular weight is 490 g/mol. The van der Waals surface area contributed by atoms with Gasteiger partial charge in [-0.15, -0.1) is 0 Å². The monoisotopic (exact) mass is 489 g/mol. The van der Waals surface area contributed by atoms with Crippen LogP contribution in [-0.4, -0.2) is 37.1 Å². The Morgan fingerprint density at radius 2 is 1.89 bits per heavy atom. The summed E-state index contributed by atoms with van der Waals surface area (Å²) in [4.78, 5) is 25.4. The van der Waals surface area contributed by atoms with E-state index < -0.39 is 5.97 Å². The second-order valence-electron chi connectivity index (χ2n) is 9.35. The van der Waals surface area contributed by atoms with E-state index in [1.807, 2.05) is 38.1 Å². The van der Waals surface area contributed by atoms with Gasteiger partial charge in [-0.3, -0.25) is 0 Å². The van der Waals surface area contributed by atoms with E-state index in [0.717, 1.165) is 47.0 Å². The molecule has 0 radical (unpaired) electrons. The Balaban J connectivity index is 1.67. The number of hydrogen-bond donors (Lipinski definition) is 2. The van der Waals surface area contributed by atoms with Gasteiger partial charge in [0.05, 0.1) is 0 Å². The van der Waals surface area contributed by atoms with E-state index in [-0.39, 0.29) is 5.82 Å². The van der Waals surface area contributed by atoms with Gasteiger partial charge in [0.1, 0.15) is 11.3 Å². The molecule has 2 N–H and O–H groups in total. The highest BCUT2D eigenvalue weighted by Crippen LogP contribution is 2.33. The first kappa shape index (κ1) is 23.3. The summed E-state index contributed by atoms with van der Waals surface area (Å²) < 4.78 is 2.08. The molecule has 2 heterocycles. The third-order valence-electron chi connectivity index (χ3n) is 6.75. The van der Waals surface area contributed by atoms with Crippen molar-refractivity contribution in [3.05, 3.63) is 70.0 Å². The summed E-state index contributed by atoms with van der Waals surface area (Å²) in [5.41, 5.74) is 5.29. The molecule has 0 aliphatic heterocycles. The molecule has 0 unspecified atom stereocenters. The highest BCUT2D eigenvalue weighted by Gasteiger charge is 2.23. The van der Waals surface area contributed by atoms with Gasteiger partial charge in [-0.25, -0.2) is 19.7 Å². The molecular weight excluding hydrogens is 462 g/mol. The molecule has 5 rings (SSSR count). The average Bonchev–Trinajstić information content (AvgIpc) is 3.16. The molecule has 35 heavy (non-hydrogen) atoms. The van der Waals surface area contributed by atoms with Crippen molar-refractivity contribution in [3.63, 3.8) is 0 Å². The number of aromatic nitrogens is 4. The van der Waals surface area contributed by atoms with Gasteiger partial charge in [0, 0.05) is 23.7 Å². The lowest BCUT2D eigenvalue weighted by Crippen LogP contribution is -2.17. The van der Waals surface area contributed by atoms with Crippen molar-refractivity contribution in [1.82, 2.24) is 19.5 Å². The van der Waals surface area contributed by atoms with Gasteiger partial charge in [0.15, 0.2) is 11.5 Å². The number of nitrogens with zero attached hydrogens (tertiary/aromatic N) is 4. The molecule has 0 saturated heterocycles. The fourth-order valence-electron chi connectivity index (χ4n) is 4.54. The van der Waals surface area contributed by atoms with Gasteiger partial charge in [-0.05, 0) is 55.5 Å². The van der Waals surface area contributed by atoms with Gasteiger partial charge < -0.3 is 15.0 Å². The highest BCUT2D eigenvalue weighted by atomic mass is 35.5. The third kappa shape index (κ3) is 4.86. The molecule has 4 aromatic rings. The molecule has 2 aromatic carbocycles. The number of nitrogens with one attached hydrogen (secondary N) is 1. The normalized spacial score (nSPS) is 13.7. The van der Waals surface area contributed by atoms with Crippen LogP contribution in [0.25, 0.3) is 22.6 Å². The minimum absolute atomic E-state index is 0.257. The number of aryl methyl sites for hydroxylation is 2. The number of rotatable bonds is 8. The number of carbonyl (C=O) groups is 1. The van der Waals surface area contributed by atoms with E-state index in [4.69, 9.17) is 16.6 Å². The first-order chi connectivity index (χ1) is 16.9. The number of hydrogen-bond acceptors (Lipinski definition) is 5. The van der Waals surface area contributed by atoms with E-state index in [1.165, 1.54) is 19.3 Å². The largest absolute Gasteiger partial charge is 0.475 e. The van der Waals surface area contributed by atoms with E-state index in [9.17, 15) is 9.90 Å². The summed E-state index contributed by atoms with van der Waals surface area (Å²) in [5, 5.41) is 13.7. The minimum atomic E-state index is -1.17. The molecule has 8 heteroatoms. The molecule has 0 amide bonds. The zero-order valence-electron chi connectivity index (χ0n) is 19.9. The van der Waals surface area contributed by atoms with Crippen molar-refractivity contribution in [1.29, 1.82) is 0 Å². The topological polar surface area (TPSA) is 92.9 Å². The second kappa shape index (κ2) is 9.66. The maximum absolute atomic E-state index is 11.8. The van der Waals surface area contributed by atoms with E-state index >= 15 is 0 Å². The molecular formula is C27H28ClN5O2. The molecule has 7 nitrogen and oxygen atoms in total. The van der Waals surface area contributed by atoms with Crippen LogP contribution in [0.1, 0.15) is 53.0 Å². The number of carboxylic acids is 1. The number of aromatic carboxylic acids is 1. The van der Waals surface area contributed by atoms with Crippen molar-refractivity contribution in [2.75, 3.05) is 11.9 Å². The van der Waals surface area contributed by atoms with Crippen LogP contribution < -0.4 is 5.32 Å². The van der Waals surface area contributed by atoms with Crippen LogP contribution >= 0.6 is 11.6 Å². The molecule has 1 aliphatic rings. The van der Waals surface area contributed by atoms with Gasteiger partial charge in [-0.2, -0.15) is 0 Å². The Morgan fingerprint density at radius 1 is 1.11 bits per heavy atom. The number of fused-ring (bicyclic) bond motifs is 1. The van der Waals surface area contributed by atoms with Gasteiger partial charge in [-0.1, -0.05) is 60.7 Å². The van der Waals surface area contributed by atoms with Crippen LogP contribution in [0.3, 0.4) is 0 Å². The summed E-state index contributed by atoms with van der Waals surface area (Å²) >= 11 is 6.12. The lowest BCUT2D eigenvalue weighted by molar-refractivity contribution is 0.0684. The Bertz CT molecular complexity index is 1390. The molecule has 0 spiro atoms. The minimum Gasteiger partial charge on any atom is -0.475 e. The standard InChI is InChI=1S/C27H28ClN5O2/c1-16-6-7-17(2)21(14-16)26-32-24-22(33(26)15-19-8-10-20(28)11-9-19)23(30-25(31-24)27(34)35)29-13-12-18-4-3-5-18/h6-11,14,18H,3-5,12-13,15H2,1-2H3,(H,34,35)(H,29,30,31). The second-order valence-corrected chi connectivity index (χ2v) is 9.79. The van der Waals surface area contributed by atoms with Gasteiger partial charge in [0.2, 0.25) is 5.82 Å². The first-order valence-electron chi connectivity index (χ1n) is 12.0. The van der Waals surface area contributed by atoms with Gasteiger partial charge in [0.25, 0.3) is 0 Å². The first-order valence-corrected chi connectivity index (χ1v) is 12.3. The summed E-state index contributed by atoms with van der Waals surface area (Å²) in [5.74, 6) is 0.532. The predicted octanol–water partition coefficient (Wildman–Crippen LogP) is 6.11. The number of benzene rings is 2. The molecule has 2 aromatic heterocycles. The smallest absolute Gasteiger partial charge is 0.374 e. The van der Waals surface area contributed by atoms with Crippen LogP contribution in [0, 0.1) is 19.8 Å². The number of imidazole rings is 1. The number of halogens is 1. The summed E-state index contributed by atoms with van der Waals surface area (Å²) in [6, 6.07) is 13.9. The fourth-order valence-corrected chi connectivity index (χ4v) is 4.67. The molecule has 0 atom stereocenters. The van der Waals surface area contributed by atoms with Crippen LogP contribution in [0.4, 0.5) is 5.82 Å². The molecule has 1 fully saturated rings. The quantitative estimate of drug-likeness (QED) is 0.310. The number of anilines is 1. The number of carboxylic acid groups (broad SMARTS) is 1. The SMILES string of the molecule is Cc1ccc(C)c(-c2nc3nc(C(=O)O)nc(NCCC4CCC4)c3n2Cc2ccc(Cl)cc2)c1. The Morgan fingerprint density at radius 3 is 2.57 bits per heavy atom. The summed E-state index contributed by atoms with van der Waals surface area (Å²) in [6.45, 7) is 5.34. The van der Waals surface area contributed by atoms with E-state index in [1.54, 1.807) is 0 Å². The Labute approximate surface area is 209 Å². The van der Waals surface area contributed by atoms with Crippen LogP contribution in [0.2, 0.25) is 5.02 Å². The maximum atomic E-state index is 11.8. The Kier molecular flexibility index (Phi) is 6.43. The van der Waals surface area contributed by atoms with Crippen molar-refractivity contribution in [2.45, 2.75) is 46.1 Å². The van der Waals surface area contributed by atoms with Crippen LogP contribution in [0.15, 0.2) is 42.5 Å². The van der Waals surface area contributed by atoms with Gasteiger partial charge >= 0.3 is 5.97 Å². The third-order valence-corrected chi connectivity index (χ3v) is 7.00. The van der Waals surface area contributed by atoms with Crippen LogP contribution in [0.5, 0.6) is 0 Å². The highest BCUT2D eigenvalue weighted by molar-refractivity contribution is 6.30. The zero-order valence-corrected chi connectivity index (χ0v) is 20.6. The molecule has 0 bridgehead atoms. The molecule has 1 aliphatic carbocycles. The van der Waals surface area contributed by atoms with Crippen molar-refractivity contribution < 1.29 is 9.90 Å². The lowest BCUT2D eigenvalue weighted by Gasteiger charge is -2.25. The fraction of sp³-hybridized carbons (Fsp3) is 0.333. The summed E-state index contributed by atoms with van der Waals surface area (Å²) in [7, 11) is 0. The van der Waals surface area contributed by atoms with E-state index in [2.05, 4.69) is 38.1 Å². The summed E-state index contributed by atoms with van der Waals surface area (Å²) in [6.07, 6.45) is 4.83. The maximum Gasteiger partial charge on any atom is 0.374 e. The zero-order chi connectivity index (χ0) is 24.5. The molecule has 1 saturated carbocycles. The van der Waals surface area contributed by atoms with Crippen molar-refractivity contribution >= 4 is 34.6 Å². The van der Waals surface area contributed by atoms with Crippen LogP contribution in [-0.2, 0) is 6.54 Å². The Hall–Kier alpha value is -3.45. The van der Waals surface area contributed by atoms with Crippen molar-refractivity contribution in [3.8, 4) is 11.4 Å².